The first-order chi connectivity index (χ1) is 9.67. The van der Waals surface area contributed by atoms with Crippen molar-refractivity contribution < 1.29 is 0 Å². The number of hydrogen-bond acceptors (Lipinski definition) is 3. The van der Waals surface area contributed by atoms with Crippen molar-refractivity contribution in [1.82, 2.24) is 10.3 Å². The van der Waals surface area contributed by atoms with Gasteiger partial charge < -0.3 is 5.32 Å². The van der Waals surface area contributed by atoms with E-state index in [-0.39, 0.29) is 6.04 Å². The van der Waals surface area contributed by atoms with Gasteiger partial charge in [0.05, 0.1) is 14.4 Å². The summed E-state index contributed by atoms with van der Waals surface area (Å²) in [6.07, 6.45) is 0. The Morgan fingerprint density at radius 1 is 1.15 bits per heavy atom. The van der Waals surface area contributed by atoms with Crippen LogP contribution in [0.5, 0.6) is 0 Å². The molecule has 2 nitrogen and oxygen atoms in total. The molecule has 3 aromatic rings. The molecule has 0 spiro atoms. The molecule has 2 aromatic heterocycles. The van der Waals surface area contributed by atoms with Crippen LogP contribution in [0.1, 0.15) is 22.9 Å². The van der Waals surface area contributed by atoms with Crippen LogP contribution in [0.25, 0.3) is 10.9 Å². The summed E-state index contributed by atoms with van der Waals surface area (Å²) < 4.78 is 1.32. The number of aryl methyl sites for hydroxylation is 1. The highest BCUT2D eigenvalue weighted by atomic mass is 127. The Morgan fingerprint density at radius 3 is 2.70 bits per heavy atom. The SMILES string of the molecule is CNC(c1csc(I)c1)c1ccc2nc(C)ccc2c1. The minimum atomic E-state index is 0.237. The van der Waals surface area contributed by atoms with Crippen molar-refractivity contribution in [2.24, 2.45) is 0 Å². The number of hydrogen-bond donors (Lipinski definition) is 1. The van der Waals surface area contributed by atoms with Crippen LogP contribution in [0.4, 0.5) is 0 Å². The van der Waals surface area contributed by atoms with Crippen molar-refractivity contribution in [1.29, 1.82) is 0 Å². The van der Waals surface area contributed by atoms with Gasteiger partial charge in [-0.05, 0) is 77.3 Å². The largest absolute Gasteiger partial charge is 0.309 e. The van der Waals surface area contributed by atoms with E-state index in [1.54, 1.807) is 11.3 Å². The molecule has 102 valence electrons. The summed E-state index contributed by atoms with van der Waals surface area (Å²) in [5.41, 5.74) is 4.72. The van der Waals surface area contributed by atoms with Crippen molar-refractivity contribution in [2.75, 3.05) is 7.05 Å². The van der Waals surface area contributed by atoms with E-state index < -0.39 is 0 Å². The fourth-order valence-electron chi connectivity index (χ4n) is 2.43. The fourth-order valence-corrected chi connectivity index (χ4v) is 3.82. The summed E-state index contributed by atoms with van der Waals surface area (Å²) in [6.45, 7) is 2.02. The number of benzene rings is 1. The first kappa shape index (κ1) is 14.0. The van der Waals surface area contributed by atoms with Gasteiger partial charge in [-0.15, -0.1) is 11.3 Å². The molecule has 1 N–H and O–H groups in total. The van der Waals surface area contributed by atoms with E-state index in [1.165, 1.54) is 19.4 Å². The summed E-state index contributed by atoms with van der Waals surface area (Å²) in [4.78, 5) is 4.56. The molecule has 3 rings (SSSR count). The van der Waals surface area contributed by atoms with Crippen molar-refractivity contribution in [3.05, 3.63) is 61.5 Å². The van der Waals surface area contributed by atoms with Gasteiger partial charge >= 0.3 is 0 Å². The normalized spacial score (nSPS) is 12.8. The van der Waals surface area contributed by atoms with Crippen molar-refractivity contribution >= 4 is 44.8 Å². The maximum atomic E-state index is 4.56. The number of rotatable bonds is 3. The molecule has 20 heavy (non-hydrogen) atoms. The number of nitrogens with zero attached hydrogens (tertiary/aromatic N) is 1. The lowest BCUT2D eigenvalue weighted by atomic mass is 9.99. The Hall–Kier alpha value is -0.980. The van der Waals surface area contributed by atoms with Gasteiger partial charge in [-0.2, -0.15) is 0 Å². The Morgan fingerprint density at radius 2 is 2.00 bits per heavy atom. The average Bonchev–Trinajstić information content (AvgIpc) is 2.86. The monoisotopic (exact) mass is 394 g/mol. The molecule has 0 bridgehead atoms. The van der Waals surface area contributed by atoms with Crippen LogP contribution in [0.3, 0.4) is 0 Å². The van der Waals surface area contributed by atoms with E-state index in [4.69, 9.17) is 0 Å². The molecule has 1 atom stereocenters. The topological polar surface area (TPSA) is 24.9 Å². The van der Waals surface area contributed by atoms with Crippen LogP contribution in [-0.4, -0.2) is 12.0 Å². The number of halogens is 1. The van der Waals surface area contributed by atoms with Gasteiger partial charge in [-0.3, -0.25) is 4.98 Å². The summed E-state index contributed by atoms with van der Waals surface area (Å²) in [6, 6.07) is 13.2. The van der Waals surface area contributed by atoms with E-state index >= 15 is 0 Å². The first-order valence-electron chi connectivity index (χ1n) is 6.46. The third-order valence-corrected chi connectivity index (χ3v) is 5.20. The second-order valence-electron chi connectivity index (χ2n) is 4.81. The minimum Gasteiger partial charge on any atom is -0.309 e. The highest BCUT2D eigenvalue weighted by Gasteiger charge is 2.14. The number of nitrogens with one attached hydrogen (secondary N) is 1. The molecule has 0 radical (unpaired) electrons. The highest BCUT2D eigenvalue weighted by molar-refractivity contribution is 14.1. The quantitative estimate of drug-likeness (QED) is 0.661. The van der Waals surface area contributed by atoms with Gasteiger partial charge in [0.1, 0.15) is 0 Å². The van der Waals surface area contributed by atoms with Gasteiger partial charge in [0.25, 0.3) is 0 Å². The van der Waals surface area contributed by atoms with Gasteiger partial charge in [0, 0.05) is 11.1 Å². The van der Waals surface area contributed by atoms with E-state index in [0.29, 0.717) is 0 Å². The highest BCUT2D eigenvalue weighted by Crippen LogP contribution is 2.28. The second kappa shape index (κ2) is 5.79. The minimum absolute atomic E-state index is 0.237. The molecule has 0 fully saturated rings. The zero-order valence-corrected chi connectivity index (χ0v) is 14.3. The summed E-state index contributed by atoms with van der Waals surface area (Å²) in [5, 5.41) is 6.82. The van der Waals surface area contributed by atoms with Gasteiger partial charge in [-0.25, -0.2) is 0 Å². The summed E-state index contributed by atoms with van der Waals surface area (Å²) in [7, 11) is 2.01. The molecule has 1 aromatic carbocycles. The maximum absolute atomic E-state index is 4.56. The van der Waals surface area contributed by atoms with Crippen molar-refractivity contribution in [2.45, 2.75) is 13.0 Å². The van der Waals surface area contributed by atoms with Crippen LogP contribution < -0.4 is 5.32 Å². The average molecular weight is 394 g/mol. The van der Waals surface area contributed by atoms with E-state index in [2.05, 4.69) is 74.7 Å². The molecule has 4 heteroatoms. The first-order valence-corrected chi connectivity index (χ1v) is 8.42. The van der Waals surface area contributed by atoms with Crippen LogP contribution in [0.2, 0.25) is 0 Å². The molecule has 0 amide bonds. The predicted octanol–water partition coefficient (Wildman–Crippen LogP) is 4.52. The Balaban J connectivity index is 2.05. The predicted molar refractivity (Wildman–Crippen MR) is 94.4 cm³/mol. The molecule has 0 aliphatic rings. The zero-order valence-electron chi connectivity index (χ0n) is 11.4. The van der Waals surface area contributed by atoms with E-state index in [9.17, 15) is 0 Å². The Kier molecular flexibility index (Phi) is 4.05. The van der Waals surface area contributed by atoms with Gasteiger partial charge in [0.2, 0.25) is 0 Å². The van der Waals surface area contributed by atoms with Crippen molar-refractivity contribution in [3.8, 4) is 0 Å². The molecular formula is C16H15IN2S. The summed E-state index contributed by atoms with van der Waals surface area (Å²) in [5.74, 6) is 0. The van der Waals surface area contributed by atoms with Crippen molar-refractivity contribution in [3.63, 3.8) is 0 Å². The smallest absolute Gasteiger partial charge is 0.0705 e. The number of pyridine rings is 1. The number of aromatic nitrogens is 1. The Labute approximate surface area is 136 Å². The number of fused-ring (bicyclic) bond motifs is 1. The molecule has 2 heterocycles. The van der Waals surface area contributed by atoms with Crippen LogP contribution in [0.15, 0.2) is 41.8 Å². The standard InChI is InChI=1S/C16H15IN2S/c1-10-3-4-11-7-12(5-6-14(11)19-10)16(18-2)13-8-15(17)20-9-13/h3-9,16,18H,1-2H3. The molecule has 0 aliphatic carbocycles. The van der Waals surface area contributed by atoms with Gasteiger partial charge in [0.15, 0.2) is 0 Å². The molecule has 0 saturated carbocycles. The molecule has 0 saturated heterocycles. The lowest BCUT2D eigenvalue weighted by Gasteiger charge is -2.16. The fraction of sp³-hybridized carbons (Fsp3) is 0.188. The lowest BCUT2D eigenvalue weighted by molar-refractivity contribution is 0.695. The maximum Gasteiger partial charge on any atom is 0.0705 e. The Bertz CT molecular complexity index is 751. The molecular weight excluding hydrogens is 379 g/mol. The number of thiophene rings is 1. The third-order valence-electron chi connectivity index (χ3n) is 3.40. The molecule has 1 unspecified atom stereocenters. The second-order valence-corrected chi connectivity index (χ2v) is 7.62. The van der Waals surface area contributed by atoms with E-state index in [1.807, 2.05) is 14.0 Å². The van der Waals surface area contributed by atoms with Crippen LogP contribution in [-0.2, 0) is 0 Å². The zero-order chi connectivity index (χ0) is 14.1. The van der Waals surface area contributed by atoms with Crippen LogP contribution in [0, 0.1) is 9.81 Å². The van der Waals surface area contributed by atoms with Crippen LogP contribution >= 0.6 is 33.9 Å². The van der Waals surface area contributed by atoms with E-state index in [0.717, 1.165) is 11.2 Å². The lowest BCUT2D eigenvalue weighted by Crippen LogP contribution is -2.16. The summed E-state index contributed by atoms with van der Waals surface area (Å²) >= 11 is 4.15. The van der Waals surface area contributed by atoms with Gasteiger partial charge in [-0.1, -0.05) is 12.1 Å². The third kappa shape index (κ3) is 2.73. The molecule has 0 aliphatic heterocycles.